The maximum absolute atomic E-state index is 11.9. The number of carbonyl (C=O) groups excluding carboxylic acids is 2. The van der Waals surface area contributed by atoms with Gasteiger partial charge >= 0.3 is 0 Å². The van der Waals surface area contributed by atoms with E-state index < -0.39 is 17.9 Å². The van der Waals surface area contributed by atoms with Crippen LogP contribution in [0, 0.1) is 0 Å². The van der Waals surface area contributed by atoms with Crippen molar-refractivity contribution in [2.45, 2.75) is 12.5 Å². The Morgan fingerprint density at radius 1 is 1.42 bits per heavy atom. The molecule has 0 spiro atoms. The van der Waals surface area contributed by atoms with E-state index in [0.29, 0.717) is 17.2 Å². The molecule has 0 fully saturated rings. The molecule has 0 saturated heterocycles. The Hall–Kier alpha value is -0.910. The summed E-state index contributed by atoms with van der Waals surface area (Å²) in [6.07, 6.45) is 2.14. The summed E-state index contributed by atoms with van der Waals surface area (Å²) in [4.78, 5) is 22.8. The van der Waals surface area contributed by atoms with E-state index in [0.717, 1.165) is 0 Å². The first-order valence-corrected chi connectivity index (χ1v) is 7.56. The van der Waals surface area contributed by atoms with Gasteiger partial charge in [0, 0.05) is 5.02 Å². The summed E-state index contributed by atoms with van der Waals surface area (Å²) in [5.41, 5.74) is 0.182. The predicted molar refractivity (Wildman–Crippen MR) is 75.7 cm³/mol. The van der Waals surface area contributed by atoms with Crippen LogP contribution in [0.15, 0.2) is 18.2 Å². The van der Waals surface area contributed by atoms with E-state index in [9.17, 15) is 14.7 Å². The van der Waals surface area contributed by atoms with Gasteiger partial charge in [0.25, 0.3) is 5.91 Å². The van der Waals surface area contributed by atoms with Crippen molar-refractivity contribution >= 4 is 46.8 Å². The molecule has 0 aliphatic heterocycles. The molecule has 1 rings (SSSR count). The number of rotatable bonds is 6. The molecule has 1 aromatic carbocycles. The molecule has 0 aliphatic rings. The SMILES string of the molecule is CSCC[C@@H](NC(=O)c1ccc(Cl)cc1Cl)C(=O)[O-]. The first-order valence-electron chi connectivity index (χ1n) is 5.41. The highest BCUT2D eigenvalue weighted by molar-refractivity contribution is 7.98. The molecule has 7 heteroatoms. The normalized spacial score (nSPS) is 11.9. The molecule has 1 aromatic rings. The van der Waals surface area contributed by atoms with E-state index in [-0.39, 0.29) is 10.6 Å². The molecule has 19 heavy (non-hydrogen) atoms. The van der Waals surface area contributed by atoms with Crippen LogP contribution in [0.2, 0.25) is 10.0 Å². The van der Waals surface area contributed by atoms with E-state index in [1.54, 1.807) is 0 Å². The Morgan fingerprint density at radius 2 is 2.11 bits per heavy atom. The molecule has 1 N–H and O–H groups in total. The van der Waals surface area contributed by atoms with E-state index >= 15 is 0 Å². The van der Waals surface area contributed by atoms with Gasteiger partial charge in [-0.05, 0) is 36.6 Å². The van der Waals surface area contributed by atoms with Gasteiger partial charge in [0.15, 0.2) is 0 Å². The van der Waals surface area contributed by atoms with Gasteiger partial charge in [-0.2, -0.15) is 11.8 Å². The summed E-state index contributed by atoms with van der Waals surface area (Å²) >= 11 is 13.1. The zero-order valence-corrected chi connectivity index (χ0v) is 12.4. The Morgan fingerprint density at radius 3 is 2.63 bits per heavy atom. The fourth-order valence-corrected chi connectivity index (χ4v) is 2.36. The maximum Gasteiger partial charge on any atom is 0.253 e. The van der Waals surface area contributed by atoms with E-state index in [1.807, 2.05) is 6.26 Å². The molecule has 1 amide bonds. The smallest absolute Gasteiger partial charge is 0.253 e. The predicted octanol–water partition coefficient (Wildman–Crippen LogP) is 1.59. The van der Waals surface area contributed by atoms with E-state index in [1.165, 1.54) is 30.0 Å². The van der Waals surface area contributed by atoms with E-state index in [4.69, 9.17) is 23.2 Å². The quantitative estimate of drug-likeness (QED) is 0.864. The Bertz CT molecular complexity index is 482. The molecular formula is C12H12Cl2NO3S-. The molecule has 0 bridgehead atoms. The molecule has 4 nitrogen and oxygen atoms in total. The van der Waals surface area contributed by atoms with Crippen molar-refractivity contribution in [3.8, 4) is 0 Å². The van der Waals surface area contributed by atoms with Crippen LogP contribution in [-0.2, 0) is 4.79 Å². The van der Waals surface area contributed by atoms with Gasteiger partial charge in [0.2, 0.25) is 0 Å². The lowest BCUT2D eigenvalue weighted by atomic mass is 10.1. The monoisotopic (exact) mass is 320 g/mol. The van der Waals surface area contributed by atoms with Gasteiger partial charge in [0.1, 0.15) is 0 Å². The second-order valence-electron chi connectivity index (χ2n) is 3.75. The molecule has 1 atom stereocenters. The van der Waals surface area contributed by atoms with Gasteiger partial charge in [-0.3, -0.25) is 4.79 Å². The topological polar surface area (TPSA) is 69.2 Å². The minimum absolute atomic E-state index is 0.173. The number of hydrogen-bond acceptors (Lipinski definition) is 4. The molecule has 0 saturated carbocycles. The average Bonchev–Trinajstić information content (AvgIpc) is 2.33. The molecular weight excluding hydrogens is 309 g/mol. The third-order valence-electron chi connectivity index (χ3n) is 2.38. The van der Waals surface area contributed by atoms with Crippen LogP contribution in [0.25, 0.3) is 0 Å². The Labute approximate surface area is 125 Å². The third-order valence-corrected chi connectivity index (χ3v) is 3.57. The fraction of sp³-hybridized carbons (Fsp3) is 0.333. The first-order chi connectivity index (χ1) is 8.95. The number of amides is 1. The maximum atomic E-state index is 11.9. The van der Waals surface area contributed by atoms with Crippen LogP contribution < -0.4 is 10.4 Å². The zero-order chi connectivity index (χ0) is 14.4. The minimum Gasteiger partial charge on any atom is -0.548 e. The molecule has 0 unspecified atom stereocenters. The van der Waals surface area contributed by atoms with Crippen molar-refractivity contribution in [1.82, 2.24) is 5.32 Å². The van der Waals surface area contributed by atoms with Crippen LogP contribution in [0.3, 0.4) is 0 Å². The van der Waals surface area contributed by atoms with Gasteiger partial charge in [0.05, 0.1) is 22.6 Å². The lowest BCUT2D eigenvalue weighted by Crippen LogP contribution is -2.48. The van der Waals surface area contributed by atoms with Crippen LogP contribution in [0.1, 0.15) is 16.8 Å². The zero-order valence-electron chi connectivity index (χ0n) is 10.1. The van der Waals surface area contributed by atoms with Crippen molar-refractivity contribution in [3.05, 3.63) is 33.8 Å². The van der Waals surface area contributed by atoms with Crippen LogP contribution in [0.5, 0.6) is 0 Å². The molecule has 0 aromatic heterocycles. The second kappa shape index (κ2) is 7.62. The largest absolute Gasteiger partial charge is 0.548 e. The van der Waals surface area contributed by atoms with Gasteiger partial charge in [-0.25, -0.2) is 0 Å². The summed E-state index contributed by atoms with van der Waals surface area (Å²) in [6, 6.07) is 3.35. The van der Waals surface area contributed by atoms with Crippen molar-refractivity contribution in [3.63, 3.8) is 0 Å². The first kappa shape index (κ1) is 16.1. The van der Waals surface area contributed by atoms with Crippen molar-refractivity contribution in [1.29, 1.82) is 0 Å². The fourth-order valence-electron chi connectivity index (χ4n) is 1.39. The molecule has 0 radical (unpaired) electrons. The summed E-state index contributed by atoms with van der Waals surface area (Å²) in [5, 5.41) is 13.9. The number of carbonyl (C=O) groups is 2. The minimum atomic E-state index is -1.31. The number of hydrogen-bond donors (Lipinski definition) is 1. The van der Waals surface area contributed by atoms with E-state index in [2.05, 4.69) is 5.32 Å². The lowest BCUT2D eigenvalue weighted by Gasteiger charge is -2.19. The number of aliphatic carboxylic acids is 1. The number of thioether (sulfide) groups is 1. The van der Waals surface area contributed by atoms with Crippen molar-refractivity contribution < 1.29 is 14.7 Å². The van der Waals surface area contributed by atoms with Crippen LogP contribution in [0.4, 0.5) is 0 Å². The van der Waals surface area contributed by atoms with Crippen molar-refractivity contribution in [2.24, 2.45) is 0 Å². The number of carboxylic acids is 1. The van der Waals surface area contributed by atoms with Gasteiger partial charge in [-0.1, -0.05) is 23.2 Å². The number of halogens is 2. The highest BCUT2D eigenvalue weighted by Gasteiger charge is 2.16. The molecule has 0 aliphatic carbocycles. The summed E-state index contributed by atoms with van der Waals surface area (Å²) in [6.45, 7) is 0. The van der Waals surface area contributed by atoms with Gasteiger partial charge < -0.3 is 15.2 Å². The van der Waals surface area contributed by atoms with Crippen LogP contribution >= 0.6 is 35.0 Å². The Balaban J connectivity index is 2.78. The second-order valence-corrected chi connectivity index (χ2v) is 5.58. The van der Waals surface area contributed by atoms with Crippen molar-refractivity contribution in [2.75, 3.05) is 12.0 Å². The number of carboxylic acid groups (broad SMARTS) is 1. The summed E-state index contributed by atoms with van der Waals surface area (Å²) in [5.74, 6) is -1.27. The summed E-state index contributed by atoms with van der Waals surface area (Å²) in [7, 11) is 0. The molecule has 104 valence electrons. The summed E-state index contributed by atoms with van der Waals surface area (Å²) < 4.78 is 0. The van der Waals surface area contributed by atoms with Crippen LogP contribution in [-0.4, -0.2) is 29.9 Å². The average molecular weight is 321 g/mol. The number of benzene rings is 1. The number of nitrogens with one attached hydrogen (secondary N) is 1. The highest BCUT2D eigenvalue weighted by Crippen LogP contribution is 2.21. The third kappa shape index (κ3) is 4.93. The van der Waals surface area contributed by atoms with Gasteiger partial charge in [-0.15, -0.1) is 0 Å². The lowest BCUT2D eigenvalue weighted by molar-refractivity contribution is -0.308. The Kier molecular flexibility index (Phi) is 6.48. The highest BCUT2D eigenvalue weighted by atomic mass is 35.5. The standard InChI is InChI=1S/C12H13Cl2NO3S/c1-19-5-4-10(12(17)18)15-11(16)8-3-2-7(13)6-9(8)14/h2-3,6,10H,4-5H2,1H3,(H,15,16)(H,17,18)/p-1/t10-/m1/s1. The molecule has 0 heterocycles.